The van der Waals surface area contributed by atoms with E-state index in [4.69, 9.17) is 5.73 Å². The third kappa shape index (κ3) is 9.46. The number of carbonyl (C=O) groups is 5. The van der Waals surface area contributed by atoms with Gasteiger partial charge in [0.25, 0.3) is 17.7 Å². The van der Waals surface area contributed by atoms with Crippen LogP contribution in [-0.2, 0) is 25.7 Å². The number of hydrogen-bond acceptors (Lipinski definition) is 8. The molecule has 1 fully saturated rings. The molecule has 0 bridgehead atoms. The lowest BCUT2D eigenvalue weighted by Gasteiger charge is -2.30. The Morgan fingerprint density at radius 2 is 1.73 bits per heavy atom. The second-order valence-electron chi connectivity index (χ2n) is 12.8. The largest absolute Gasteiger partial charge is 0.387 e. The molecule has 12 nitrogen and oxygen atoms in total. The van der Waals surface area contributed by atoms with E-state index in [1.807, 2.05) is 19.1 Å². The molecule has 1 saturated carbocycles. The SMILES string of the molecule is CC1=Cc2ccc(C(=O)Nc3cncc(CNC(=O)CCCCCNC(=O)C4CCC(CN5C(=O)C=CC5=O)CC4)c3)cc2N=C(N)C1. The van der Waals surface area contributed by atoms with Crippen molar-refractivity contribution in [3.8, 4) is 0 Å². The molecule has 0 spiro atoms. The molecule has 1 aromatic carbocycles. The number of nitrogens with zero attached hydrogens (tertiary/aromatic N) is 3. The van der Waals surface area contributed by atoms with Gasteiger partial charge in [-0.05, 0) is 75.1 Å². The normalized spacial score (nSPS) is 18.8. The Morgan fingerprint density at radius 1 is 0.958 bits per heavy atom. The number of imide groups is 1. The van der Waals surface area contributed by atoms with E-state index >= 15 is 0 Å². The van der Waals surface area contributed by atoms with E-state index in [0.717, 1.165) is 55.2 Å². The van der Waals surface area contributed by atoms with Crippen LogP contribution in [0.3, 0.4) is 0 Å². The highest BCUT2D eigenvalue weighted by Crippen LogP contribution is 2.30. The van der Waals surface area contributed by atoms with Crippen molar-refractivity contribution in [3.63, 3.8) is 0 Å². The fraction of sp³-hybridized carbons (Fsp3) is 0.417. The molecule has 2 aliphatic heterocycles. The van der Waals surface area contributed by atoms with Crippen molar-refractivity contribution in [1.29, 1.82) is 0 Å². The molecule has 3 aliphatic rings. The average molecular weight is 654 g/mol. The van der Waals surface area contributed by atoms with Crippen molar-refractivity contribution < 1.29 is 24.0 Å². The van der Waals surface area contributed by atoms with Crippen molar-refractivity contribution >= 4 is 52.8 Å². The average Bonchev–Trinajstić information content (AvgIpc) is 3.29. The van der Waals surface area contributed by atoms with Crippen molar-refractivity contribution in [3.05, 3.63) is 71.1 Å². The molecule has 0 saturated heterocycles. The molecule has 5 rings (SSSR count). The minimum Gasteiger partial charge on any atom is -0.387 e. The molecule has 2 aromatic rings. The molecule has 0 atom stereocenters. The fourth-order valence-corrected chi connectivity index (χ4v) is 6.26. The first kappa shape index (κ1) is 34.2. The summed E-state index contributed by atoms with van der Waals surface area (Å²) in [6, 6.07) is 7.10. The summed E-state index contributed by atoms with van der Waals surface area (Å²) in [6.07, 6.45) is 14.2. The van der Waals surface area contributed by atoms with Crippen molar-refractivity contribution in [2.24, 2.45) is 22.6 Å². The van der Waals surface area contributed by atoms with Gasteiger partial charge in [-0.2, -0.15) is 0 Å². The highest BCUT2D eigenvalue weighted by Gasteiger charge is 2.31. The van der Waals surface area contributed by atoms with Crippen LogP contribution in [0.25, 0.3) is 6.08 Å². The maximum Gasteiger partial charge on any atom is 0.255 e. The van der Waals surface area contributed by atoms with E-state index in [-0.39, 0.29) is 47.9 Å². The number of hydrogen-bond donors (Lipinski definition) is 4. The van der Waals surface area contributed by atoms with Gasteiger partial charge in [0.1, 0.15) is 5.84 Å². The van der Waals surface area contributed by atoms with Crippen LogP contribution in [0.2, 0.25) is 0 Å². The van der Waals surface area contributed by atoms with Crippen LogP contribution in [0, 0.1) is 11.8 Å². The maximum absolute atomic E-state index is 13.0. The Balaban J connectivity index is 0.950. The minimum atomic E-state index is -0.300. The topological polar surface area (TPSA) is 176 Å². The molecule has 5 N–H and O–H groups in total. The highest BCUT2D eigenvalue weighted by atomic mass is 16.2. The van der Waals surface area contributed by atoms with Crippen LogP contribution in [-0.4, -0.2) is 58.3 Å². The van der Waals surface area contributed by atoms with Crippen LogP contribution in [0.15, 0.2) is 59.4 Å². The molecular formula is C36H43N7O5. The molecule has 1 aromatic heterocycles. The molecule has 48 heavy (non-hydrogen) atoms. The molecule has 12 heteroatoms. The highest BCUT2D eigenvalue weighted by molar-refractivity contribution is 6.12. The Bertz CT molecular complexity index is 1640. The van der Waals surface area contributed by atoms with Gasteiger partial charge in [0.2, 0.25) is 11.8 Å². The number of amides is 5. The van der Waals surface area contributed by atoms with Crippen molar-refractivity contribution in [1.82, 2.24) is 20.5 Å². The summed E-state index contributed by atoms with van der Waals surface area (Å²) in [5.74, 6) is -0.129. The molecular weight excluding hydrogens is 610 g/mol. The number of benzene rings is 1. The zero-order valence-corrected chi connectivity index (χ0v) is 27.3. The number of aromatic nitrogens is 1. The number of rotatable bonds is 13. The van der Waals surface area contributed by atoms with Gasteiger partial charge >= 0.3 is 0 Å². The molecule has 3 heterocycles. The van der Waals surface area contributed by atoms with Crippen LogP contribution >= 0.6 is 0 Å². The number of amidine groups is 1. The summed E-state index contributed by atoms with van der Waals surface area (Å²) in [5, 5.41) is 8.79. The predicted molar refractivity (Wildman–Crippen MR) is 183 cm³/mol. The second-order valence-corrected chi connectivity index (χ2v) is 12.8. The Kier molecular flexibility index (Phi) is 11.5. The van der Waals surface area contributed by atoms with E-state index in [1.165, 1.54) is 17.1 Å². The summed E-state index contributed by atoms with van der Waals surface area (Å²) in [4.78, 5) is 71.5. The van der Waals surface area contributed by atoms with Crippen LogP contribution in [0.5, 0.6) is 0 Å². The number of aliphatic imine (C=N–C) groups is 1. The molecule has 1 aliphatic carbocycles. The maximum atomic E-state index is 13.0. The van der Waals surface area contributed by atoms with Gasteiger partial charge in [-0.15, -0.1) is 0 Å². The summed E-state index contributed by atoms with van der Waals surface area (Å²) < 4.78 is 0. The first-order valence-electron chi connectivity index (χ1n) is 16.6. The summed E-state index contributed by atoms with van der Waals surface area (Å²) in [5.41, 5.74) is 10.4. The Hall–Kier alpha value is -5.13. The van der Waals surface area contributed by atoms with Gasteiger partial charge in [0, 0.05) is 67.9 Å². The zero-order valence-electron chi connectivity index (χ0n) is 27.3. The lowest BCUT2D eigenvalue weighted by atomic mass is 9.81. The van der Waals surface area contributed by atoms with E-state index in [9.17, 15) is 24.0 Å². The van der Waals surface area contributed by atoms with Gasteiger partial charge in [-0.3, -0.25) is 33.9 Å². The van der Waals surface area contributed by atoms with Crippen LogP contribution in [0.1, 0.15) is 86.2 Å². The van der Waals surface area contributed by atoms with E-state index in [1.54, 1.807) is 30.6 Å². The zero-order chi connectivity index (χ0) is 34.0. The number of nitrogens with one attached hydrogen (secondary N) is 3. The smallest absolute Gasteiger partial charge is 0.255 e. The number of pyridine rings is 1. The van der Waals surface area contributed by atoms with Crippen LogP contribution in [0.4, 0.5) is 11.4 Å². The van der Waals surface area contributed by atoms with Gasteiger partial charge in [0.05, 0.1) is 17.6 Å². The van der Waals surface area contributed by atoms with Gasteiger partial charge in [0.15, 0.2) is 0 Å². The van der Waals surface area contributed by atoms with Gasteiger partial charge in [-0.1, -0.05) is 24.1 Å². The monoisotopic (exact) mass is 653 g/mol. The standard InChI is InChI=1S/C36H43N7O5/c1-23-15-27-10-11-28(18-30(27)42-31(37)16-23)36(48)41-29-17-25(19-38-21-29)20-40-32(44)5-3-2-4-14-39-35(47)26-8-6-24(7-9-26)22-43-33(45)12-13-34(43)46/h10-13,15,17-19,21,24,26H,2-9,14,16,20,22H2,1H3,(H2,37,42)(H,39,47)(H,40,44)(H,41,48). The quantitative estimate of drug-likeness (QED) is 0.185. The lowest BCUT2D eigenvalue weighted by Crippen LogP contribution is -2.38. The first-order chi connectivity index (χ1) is 23.1. The second kappa shape index (κ2) is 16.1. The number of carbonyl (C=O) groups excluding carboxylic acids is 5. The number of anilines is 1. The molecule has 0 radical (unpaired) electrons. The van der Waals surface area contributed by atoms with Crippen molar-refractivity contribution in [2.75, 3.05) is 18.4 Å². The molecule has 0 unspecified atom stereocenters. The Morgan fingerprint density at radius 3 is 2.50 bits per heavy atom. The van der Waals surface area contributed by atoms with E-state index < -0.39 is 0 Å². The summed E-state index contributed by atoms with van der Waals surface area (Å²) in [6.45, 7) is 3.27. The third-order valence-corrected chi connectivity index (χ3v) is 8.90. The number of fused-ring (bicyclic) bond motifs is 1. The fourth-order valence-electron chi connectivity index (χ4n) is 6.26. The van der Waals surface area contributed by atoms with E-state index in [0.29, 0.717) is 55.1 Å². The van der Waals surface area contributed by atoms with Gasteiger partial charge < -0.3 is 21.7 Å². The lowest BCUT2D eigenvalue weighted by molar-refractivity contribution is -0.138. The molecule has 5 amide bonds. The van der Waals surface area contributed by atoms with Crippen LogP contribution < -0.4 is 21.7 Å². The number of nitrogens with two attached hydrogens (primary N) is 1. The minimum absolute atomic E-state index is 0.0405. The Labute approximate surface area is 280 Å². The van der Waals surface area contributed by atoms with Crippen molar-refractivity contribution in [2.45, 2.75) is 71.3 Å². The van der Waals surface area contributed by atoms with E-state index in [2.05, 4.69) is 25.9 Å². The third-order valence-electron chi connectivity index (χ3n) is 8.90. The summed E-state index contributed by atoms with van der Waals surface area (Å²) in [7, 11) is 0. The van der Waals surface area contributed by atoms with Gasteiger partial charge in [-0.25, -0.2) is 4.99 Å². The summed E-state index contributed by atoms with van der Waals surface area (Å²) >= 11 is 0. The predicted octanol–water partition coefficient (Wildman–Crippen LogP) is 4.15. The first-order valence-corrected chi connectivity index (χ1v) is 16.6. The molecule has 252 valence electrons. The number of unbranched alkanes of at least 4 members (excludes halogenated alkanes) is 2.